The van der Waals surface area contributed by atoms with Crippen LogP contribution in [-0.2, 0) is 13.8 Å². The fourth-order valence-electron chi connectivity index (χ4n) is 2.85. The van der Waals surface area contributed by atoms with Crippen molar-refractivity contribution in [1.82, 2.24) is 9.34 Å². The Morgan fingerprint density at radius 3 is 1.83 bits per heavy atom. The highest BCUT2D eigenvalue weighted by Crippen LogP contribution is 2.55. The first-order valence-electron chi connectivity index (χ1n) is 9.02. The molecule has 0 saturated carbocycles. The van der Waals surface area contributed by atoms with Gasteiger partial charge < -0.3 is 9.26 Å². The lowest BCUT2D eigenvalue weighted by Gasteiger charge is -2.46. The average Bonchev–Trinajstić information content (AvgIpc) is 2.51. The monoisotopic (exact) mass is 348 g/mol. The molecule has 5 nitrogen and oxygen atoms in total. The minimum Gasteiger partial charge on any atom is -0.372 e. The number of hydrogen-bond donors (Lipinski definition) is 0. The predicted octanol–water partition coefficient (Wildman–Crippen LogP) is 4.24. The SMILES string of the molecule is CCC(C)C1CN(P(=O)(OC(C)C)N(C)C)CC(C(C)CC)O1. The highest BCUT2D eigenvalue weighted by atomic mass is 31.2. The van der Waals surface area contributed by atoms with Gasteiger partial charge in [-0.25, -0.2) is 9.34 Å². The molecule has 138 valence electrons. The van der Waals surface area contributed by atoms with Crippen LogP contribution in [0.1, 0.15) is 54.4 Å². The number of morpholine rings is 1. The Bertz CT molecular complexity index is 385. The summed E-state index contributed by atoms with van der Waals surface area (Å²) in [5.41, 5.74) is 0. The van der Waals surface area contributed by atoms with Crippen molar-refractivity contribution >= 4 is 7.67 Å². The molecule has 0 aromatic heterocycles. The summed E-state index contributed by atoms with van der Waals surface area (Å²) in [4.78, 5) is 0. The Labute approximate surface area is 143 Å². The standard InChI is InChI=1S/C17H37N2O3P/c1-9-14(5)16-11-19(12-17(21-16)15(6)10-2)23(20,18(7)8)22-13(3)4/h13-17H,9-12H2,1-8H3. The minimum absolute atomic E-state index is 0.0739. The van der Waals surface area contributed by atoms with E-state index in [1.54, 1.807) is 4.67 Å². The van der Waals surface area contributed by atoms with Crippen LogP contribution in [0.3, 0.4) is 0 Å². The molecule has 0 aliphatic carbocycles. The van der Waals surface area contributed by atoms with Gasteiger partial charge in [-0.05, 0) is 39.8 Å². The second-order valence-electron chi connectivity index (χ2n) is 7.35. The fraction of sp³-hybridized carbons (Fsp3) is 1.00. The summed E-state index contributed by atoms with van der Waals surface area (Å²) in [5.74, 6) is 0.887. The van der Waals surface area contributed by atoms with Gasteiger partial charge in [-0.3, -0.25) is 4.57 Å². The molecule has 1 rings (SSSR count). The Morgan fingerprint density at radius 2 is 1.52 bits per heavy atom. The highest BCUT2D eigenvalue weighted by molar-refractivity contribution is 7.53. The van der Waals surface area contributed by atoms with Gasteiger partial charge in [0.25, 0.3) is 0 Å². The van der Waals surface area contributed by atoms with Crippen molar-refractivity contribution in [2.24, 2.45) is 11.8 Å². The van der Waals surface area contributed by atoms with Crippen molar-refractivity contribution < 1.29 is 13.8 Å². The van der Waals surface area contributed by atoms with Crippen LogP contribution in [0.15, 0.2) is 0 Å². The Kier molecular flexibility index (Phi) is 8.22. The molecule has 0 spiro atoms. The van der Waals surface area contributed by atoms with Crippen LogP contribution in [0.5, 0.6) is 0 Å². The molecular weight excluding hydrogens is 311 g/mol. The first kappa shape index (κ1) is 21.1. The molecule has 0 bridgehead atoms. The summed E-state index contributed by atoms with van der Waals surface area (Å²) < 4.78 is 29.6. The van der Waals surface area contributed by atoms with Gasteiger partial charge in [-0.1, -0.05) is 40.5 Å². The summed E-state index contributed by atoms with van der Waals surface area (Å²) in [6.45, 7) is 14.0. The molecule has 5 atom stereocenters. The van der Waals surface area contributed by atoms with Crippen molar-refractivity contribution in [3.63, 3.8) is 0 Å². The number of nitrogens with zero attached hydrogens (tertiary/aromatic N) is 2. The third kappa shape index (κ3) is 5.27. The smallest absolute Gasteiger partial charge is 0.345 e. The Hall–Kier alpha value is 0.0700. The molecule has 23 heavy (non-hydrogen) atoms. The van der Waals surface area contributed by atoms with E-state index in [1.165, 1.54) is 0 Å². The molecular formula is C17H37N2O3P. The first-order valence-corrected chi connectivity index (χ1v) is 10.6. The van der Waals surface area contributed by atoms with Crippen LogP contribution in [0, 0.1) is 11.8 Å². The topological polar surface area (TPSA) is 42.0 Å². The van der Waals surface area contributed by atoms with Crippen LogP contribution in [0.25, 0.3) is 0 Å². The quantitative estimate of drug-likeness (QED) is 0.614. The van der Waals surface area contributed by atoms with Crippen molar-refractivity contribution in [2.75, 3.05) is 27.2 Å². The van der Waals surface area contributed by atoms with Crippen molar-refractivity contribution in [1.29, 1.82) is 0 Å². The van der Waals surface area contributed by atoms with E-state index in [9.17, 15) is 4.57 Å². The summed E-state index contributed by atoms with van der Waals surface area (Å²) in [5, 5.41) is 0. The molecule has 1 fully saturated rings. The number of ether oxygens (including phenoxy) is 1. The fourth-order valence-corrected chi connectivity index (χ4v) is 4.96. The van der Waals surface area contributed by atoms with Gasteiger partial charge in [0.05, 0.1) is 18.3 Å². The zero-order valence-corrected chi connectivity index (χ0v) is 17.2. The lowest BCUT2D eigenvalue weighted by molar-refractivity contribution is -0.111. The van der Waals surface area contributed by atoms with E-state index in [2.05, 4.69) is 27.7 Å². The van der Waals surface area contributed by atoms with Crippen LogP contribution < -0.4 is 0 Å². The molecule has 5 unspecified atom stereocenters. The molecule has 1 saturated heterocycles. The van der Waals surface area contributed by atoms with E-state index in [4.69, 9.17) is 9.26 Å². The molecule has 6 heteroatoms. The summed E-state index contributed by atoms with van der Waals surface area (Å²) >= 11 is 0. The Balaban J connectivity index is 3.07. The van der Waals surface area contributed by atoms with Crippen molar-refractivity contribution in [2.45, 2.75) is 72.7 Å². The predicted molar refractivity (Wildman–Crippen MR) is 96.7 cm³/mol. The molecule has 0 amide bonds. The van der Waals surface area contributed by atoms with Gasteiger partial charge in [-0.2, -0.15) is 0 Å². The molecule has 0 radical (unpaired) electrons. The highest BCUT2D eigenvalue weighted by Gasteiger charge is 2.43. The van der Waals surface area contributed by atoms with Crippen molar-refractivity contribution in [3.05, 3.63) is 0 Å². The summed E-state index contributed by atoms with van der Waals surface area (Å²) in [7, 11) is 0.674. The van der Waals surface area contributed by atoms with E-state index >= 15 is 0 Å². The third-order valence-corrected chi connectivity index (χ3v) is 7.65. The maximum Gasteiger partial charge on any atom is 0.345 e. The largest absolute Gasteiger partial charge is 0.372 e. The minimum atomic E-state index is -3.01. The molecule has 0 N–H and O–H groups in total. The van der Waals surface area contributed by atoms with E-state index in [0.29, 0.717) is 24.9 Å². The van der Waals surface area contributed by atoms with Crippen LogP contribution >= 0.6 is 7.67 Å². The van der Waals surface area contributed by atoms with Crippen LogP contribution in [-0.4, -0.2) is 54.8 Å². The van der Waals surface area contributed by atoms with Gasteiger partial charge in [-0.15, -0.1) is 0 Å². The van der Waals surface area contributed by atoms with Gasteiger partial charge in [0.15, 0.2) is 0 Å². The van der Waals surface area contributed by atoms with Gasteiger partial charge >= 0.3 is 7.67 Å². The summed E-state index contributed by atoms with van der Waals surface area (Å²) in [6.07, 6.45) is 2.26. The molecule has 0 aromatic rings. The lowest BCUT2D eigenvalue weighted by Crippen LogP contribution is -2.51. The second kappa shape index (κ2) is 8.96. The zero-order chi connectivity index (χ0) is 17.8. The maximum atomic E-state index is 13.6. The molecule has 0 aromatic carbocycles. The zero-order valence-electron chi connectivity index (χ0n) is 16.3. The van der Waals surface area contributed by atoms with Crippen LogP contribution in [0.4, 0.5) is 0 Å². The molecule has 1 aliphatic heterocycles. The molecule has 1 heterocycles. The van der Waals surface area contributed by atoms with E-state index in [1.807, 2.05) is 32.6 Å². The lowest BCUT2D eigenvalue weighted by atomic mass is 9.96. The summed E-state index contributed by atoms with van der Waals surface area (Å²) in [6, 6.07) is 0. The van der Waals surface area contributed by atoms with Crippen LogP contribution in [0.2, 0.25) is 0 Å². The Morgan fingerprint density at radius 1 is 1.09 bits per heavy atom. The van der Waals surface area contributed by atoms with Crippen molar-refractivity contribution in [3.8, 4) is 0 Å². The third-order valence-electron chi connectivity index (χ3n) is 4.90. The number of rotatable bonds is 8. The average molecular weight is 348 g/mol. The van der Waals surface area contributed by atoms with E-state index in [0.717, 1.165) is 12.8 Å². The number of hydrogen-bond acceptors (Lipinski definition) is 3. The molecule has 1 aliphatic rings. The maximum absolute atomic E-state index is 13.6. The van der Waals surface area contributed by atoms with Gasteiger partial charge in [0, 0.05) is 13.1 Å². The normalized spacial score (nSPS) is 28.8. The van der Waals surface area contributed by atoms with Gasteiger partial charge in [0.2, 0.25) is 0 Å². The van der Waals surface area contributed by atoms with Gasteiger partial charge in [0.1, 0.15) is 0 Å². The first-order chi connectivity index (χ1) is 10.7. The van der Waals surface area contributed by atoms with E-state index < -0.39 is 7.67 Å². The van der Waals surface area contributed by atoms with E-state index in [-0.39, 0.29) is 18.3 Å². The second-order valence-corrected chi connectivity index (χ2v) is 9.91.